The molecule has 0 saturated heterocycles. The molecule has 0 radical (unpaired) electrons. The topological polar surface area (TPSA) is 12.0 Å². The molecule has 1 unspecified atom stereocenters. The Morgan fingerprint density at radius 1 is 1.15 bits per heavy atom. The lowest BCUT2D eigenvalue weighted by Crippen LogP contribution is -2.22. The molecule has 0 amide bonds. The molecule has 2 aromatic carbocycles. The fraction of sp³-hybridized carbons (Fsp3) is 0.250. The monoisotopic (exact) mass is 399 g/mol. The van der Waals surface area contributed by atoms with Crippen molar-refractivity contribution in [2.24, 2.45) is 0 Å². The van der Waals surface area contributed by atoms with Gasteiger partial charge in [-0.1, -0.05) is 56.1 Å². The first-order valence-corrected chi connectivity index (χ1v) is 8.08. The van der Waals surface area contributed by atoms with Crippen LogP contribution in [0.15, 0.2) is 51.4 Å². The van der Waals surface area contributed by atoms with Crippen molar-refractivity contribution in [2.45, 2.75) is 19.4 Å². The van der Waals surface area contributed by atoms with Gasteiger partial charge in [-0.25, -0.2) is 4.39 Å². The van der Waals surface area contributed by atoms with E-state index in [1.54, 1.807) is 6.07 Å². The second-order valence-electron chi connectivity index (χ2n) is 4.68. The van der Waals surface area contributed by atoms with Gasteiger partial charge in [-0.3, -0.25) is 0 Å². The number of nitrogens with one attached hydrogen (secondary N) is 1. The van der Waals surface area contributed by atoms with Crippen molar-refractivity contribution in [2.75, 3.05) is 6.54 Å². The Morgan fingerprint density at radius 2 is 1.90 bits per heavy atom. The summed E-state index contributed by atoms with van der Waals surface area (Å²) in [5.74, 6) is -0.133. The summed E-state index contributed by atoms with van der Waals surface area (Å²) in [4.78, 5) is 0. The summed E-state index contributed by atoms with van der Waals surface area (Å²) in [5, 5.41) is 3.42. The minimum atomic E-state index is -0.133. The molecule has 1 N–H and O–H groups in total. The highest BCUT2D eigenvalue weighted by molar-refractivity contribution is 9.11. The van der Waals surface area contributed by atoms with Gasteiger partial charge in [-0.2, -0.15) is 0 Å². The van der Waals surface area contributed by atoms with Crippen molar-refractivity contribution in [1.82, 2.24) is 5.32 Å². The van der Waals surface area contributed by atoms with E-state index in [2.05, 4.69) is 50.2 Å². The molecule has 0 aliphatic carbocycles. The van der Waals surface area contributed by atoms with Crippen LogP contribution in [-0.2, 0) is 6.42 Å². The highest BCUT2D eigenvalue weighted by Crippen LogP contribution is 2.26. The second kappa shape index (κ2) is 7.34. The lowest BCUT2D eigenvalue weighted by Gasteiger charge is -2.16. The van der Waals surface area contributed by atoms with Crippen LogP contribution in [0.3, 0.4) is 0 Å². The van der Waals surface area contributed by atoms with Gasteiger partial charge >= 0.3 is 0 Å². The summed E-state index contributed by atoms with van der Waals surface area (Å²) in [7, 11) is 0. The zero-order chi connectivity index (χ0) is 14.5. The van der Waals surface area contributed by atoms with E-state index in [-0.39, 0.29) is 11.9 Å². The van der Waals surface area contributed by atoms with Crippen molar-refractivity contribution in [1.29, 1.82) is 0 Å². The number of benzene rings is 2. The van der Waals surface area contributed by atoms with Crippen molar-refractivity contribution < 1.29 is 4.39 Å². The molecule has 0 aromatic heterocycles. The molecule has 0 fully saturated rings. The molecule has 1 nitrogen and oxygen atoms in total. The Balaban J connectivity index is 1.92. The third-order valence-electron chi connectivity index (χ3n) is 3.23. The molecule has 0 aliphatic rings. The third-order valence-corrected chi connectivity index (χ3v) is 4.41. The Labute approximate surface area is 135 Å². The van der Waals surface area contributed by atoms with E-state index < -0.39 is 0 Å². The fourth-order valence-electron chi connectivity index (χ4n) is 2.09. The first-order valence-electron chi connectivity index (χ1n) is 6.49. The van der Waals surface area contributed by atoms with Gasteiger partial charge in [0.1, 0.15) is 5.82 Å². The Morgan fingerprint density at radius 3 is 2.60 bits per heavy atom. The average Bonchev–Trinajstić information content (AvgIpc) is 2.40. The molecule has 20 heavy (non-hydrogen) atoms. The van der Waals surface area contributed by atoms with Crippen molar-refractivity contribution in [3.8, 4) is 0 Å². The molecular weight excluding hydrogens is 385 g/mol. The second-order valence-corrected chi connectivity index (χ2v) is 6.45. The maximum Gasteiger partial charge on any atom is 0.126 e. The fourth-order valence-corrected chi connectivity index (χ4v) is 3.48. The summed E-state index contributed by atoms with van der Waals surface area (Å²) < 4.78 is 15.6. The van der Waals surface area contributed by atoms with E-state index in [1.807, 2.05) is 24.3 Å². The van der Waals surface area contributed by atoms with Crippen LogP contribution in [-0.4, -0.2) is 6.54 Å². The van der Waals surface area contributed by atoms with E-state index >= 15 is 0 Å². The van der Waals surface area contributed by atoms with Crippen LogP contribution >= 0.6 is 31.9 Å². The quantitative estimate of drug-likeness (QED) is 0.723. The molecule has 2 rings (SSSR count). The number of rotatable bonds is 5. The van der Waals surface area contributed by atoms with Gasteiger partial charge < -0.3 is 5.32 Å². The van der Waals surface area contributed by atoms with Crippen molar-refractivity contribution in [3.05, 3.63) is 68.4 Å². The lowest BCUT2D eigenvalue weighted by molar-refractivity contribution is 0.558. The van der Waals surface area contributed by atoms with Crippen molar-refractivity contribution in [3.63, 3.8) is 0 Å². The van der Waals surface area contributed by atoms with Gasteiger partial charge in [-0.05, 0) is 49.2 Å². The minimum Gasteiger partial charge on any atom is -0.310 e. The first kappa shape index (κ1) is 15.7. The molecule has 0 aliphatic heterocycles. The van der Waals surface area contributed by atoms with Crippen LogP contribution in [0.5, 0.6) is 0 Å². The van der Waals surface area contributed by atoms with Crippen LogP contribution in [0.4, 0.5) is 4.39 Å². The van der Waals surface area contributed by atoms with E-state index in [0.29, 0.717) is 6.42 Å². The summed E-state index contributed by atoms with van der Waals surface area (Å²) in [6.07, 6.45) is 0.686. The highest BCUT2D eigenvalue weighted by Gasteiger charge is 2.09. The maximum atomic E-state index is 13.5. The molecule has 4 heteroatoms. The summed E-state index contributed by atoms with van der Waals surface area (Å²) in [5.41, 5.74) is 1.95. The number of hydrogen-bond donors (Lipinski definition) is 1. The zero-order valence-electron chi connectivity index (χ0n) is 11.2. The van der Waals surface area contributed by atoms with Crippen LogP contribution in [0.1, 0.15) is 24.1 Å². The summed E-state index contributed by atoms with van der Waals surface area (Å²) >= 11 is 7.01. The van der Waals surface area contributed by atoms with Crippen LogP contribution < -0.4 is 5.32 Å². The van der Waals surface area contributed by atoms with E-state index in [4.69, 9.17) is 0 Å². The van der Waals surface area contributed by atoms with Crippen LogP contribution in [0.25, 0.3) is 0 Å². The Kier molecular flexibility index (Phi) is 5.75. The molecule has 106 valence electrons. The molecule has 0 bridgehead atoms. The Bertz CT molecular complexity index is 586. The maximum absolute atomic E-state index is 13.5. The molecular formula is C16H16Br2FN. The predicted molar refractivity (Wildman–Crippen MR) is 88.4 cm³/mol. The molecule has 2 aromatic rings. The van der Waals surface area contributed by atoms with Gasteiger partial charge in [0.2, 0.25) is 0 Å². The number of hydrogen-bond acceptors (Lipinski definition) is 1. The molecule has 0 saturated carbocycles. The lowest BCUT2D eigenvalue weighted by atomic mass is 10.1. The normalized spacial score (nSPS) is 12.4. The third kappa shape index (κ3) is 4.14. The van der Waals surface area contributed by atoms with Gasteiger partial charge in [0.25, 0.3) is 0 Å². The van der Waals surface area contributed by atoms with E-state index in [1.165, 1.54) is 11.6 Å². The Hall–Kier alpha value is -0.710. The molecule has 0 heterocycles. The van der Waals surface area contributed by atoms with Gasteiger partial charge in [-0.15, -0.1) is 0 Å². The first-order chi connectivity index (χ1) is 9.58. The van der Waals surface area contributed by atoms with Gasteiger partial charge in [0.05, 0.1) is 0 Å². The van der Waals surface area contributed by atoms with E-state index in [0.717, 1.165) is 21.1 Å². The average molecular weight is 401 g/mol. The van der Waals surface area contributed by atoms with Crippen molar-refractivity contribution >= 4 is 31.9 Å². The SMILES string of the molecule is CC(NCCc1ccccc1F)c1ccc(Br)cc1Br. The highest BCUT2D eigenvalue weighted by atomic mass is 79.9. The standard InChI is InChI=1S/C16H16Br2FN/c1-11(14-7-6-13(17)10-15(14)18)20-9-8-12-4-2-3-5-16(12)19/h2-7,10-11,20H,8-9H2,1H3. The zero-order valence-corrected chi connectivity index (χ0v) is 14.3. The van der Waals surface area contributed by atoms with Crippen LogP contribution in [0.2, 0.25) is 0 Å². The largest absolute Gasteiger partial charge is 0.310 e. The smallest absolute Gasteiger partial charge is 0.126 e. The van der Waals surface area contributed by atoms with E-state index in [9.17, 15) is 4.39 Å². The number of halogens is 3. The summed E-state index contributed by atoms with van der Waals surface area (Å²) in [6, 6.07) is 13.3. The van der Waals surface area contributed by atoms with Gasteiger partial charge in [0.15, 0.2) is 0 Å². The summed E-state index contributed by atoms with van der Waals surface area (Å²) in [6.45, 7) is 2.85. The van der Waals surface area contributed by atoms with Crippen LogP contribution in [0, 0.1) is 5.82 Å². The predicted octanol–water partition coefficient (Wildman–Crippen LogP) is 5.24. The minimum absolute atomic E-state index is 0.133. The van der Waals surface area contributed by atoms with Gasteiger partial charge in [0, 0.05) is 15.0 Å². The molecule has 0 spiro atoms. The molecule has 1 atom stereocenters.